The third-order valence-corrected chi connectivity index (χ3v) is 5.85. The minimum absolute atomic E-state index is 0.322. The predicted molar refractivity (Wildman–Crippen MR) is 105 cm³/mol. The SMILES string of the molecule is CCNC(=NCc1cccc(-c2ncn[nH]2)c1)NCC1(C)CCCS1. The van der Waals surface area contributed by atoms with Crippen molar-refractivity contribution in [3.8, 4) is 11.4 Å². The van der Waals surface area contributed by atoms with Crippen LogP contribution >= 0.6 is 11.8 Å². The van der Waals surface area contributed by atoms with Gasteiger partial charge in [0, 0.05) is 23.4 Å². The molecule has 0 radical (unpaired) electrons. The van der Waals surface area contributed by atoms with Gasteiger partial charge < -0.3 is 10.6 Å². The summed E-state index contributed by atoms with van der Waals surface area (Å²) in [4.78, 5) is 8.94. The predicted octanol–water partition coefficient (Wildman–Crippen LogP) is 2.81. The lowest BCUT2D eigenvalue weighted by Crippen LogP contribution is -2.43. The van der Waals surface area contributed by atoms with Crippen LogP contribution in [0.1, 0.15) is 32.3 Å². The number of aromatic nitrogens is 3. The molecular formula is C18H26N6S. The van der Waals surface area contributed by atoms with E-state index in [0.717, 1.165) is 36.0 Å². The Bertz CT molecular complexity index is 691. The summed E-state index contributed by atoms with van der Waals surface area (Å²) in [5.74, 6) is 2.92. The van der Waals surface area contributed by atoms with Gasteiger partial charge in [0.2, 0.25) is 0 Å². The highest BCUT2D eigenvalue weighted by molar-refractivity contribution is 8.00. The maximum Gasteiger partial charge on any atom is 0.191 e. The molecule has 2 heterocycles. The maximum atomic E-state index is 4.74. The van der Waals surface area contributed by atoms with Crippen molar-refractivity contribution in [3.05, 3.63) is 36.2 Å². The molecule has 0 aliphatic carbocycles. The van der Waals surface area contributed by atoms with Crippen LogP contribution in [-0.2, 0) is 6.54 Å². The molecule has 7 heteroatoms. The number of H-pyrrole nitrogens is 1. The summed E-state index contributed by atoms with van der Waals surface area (Å²) in [6.07, 6.45) is 4.10. The number of guanidine groups is 1. The fraction of sp³-hybridized carbons (Fsp3) is 0.500. The van der Waals surface area contributed by atoms with Crippen LogP contribution in [0.3, 0.4) is 0 Å². The number of nitrogens with one attached hydrogen (secondary N) is 3. The first kappa shape index (κ1) is 17.8. The molecule has 0 bridgehead atoms. The van der Waals surface area contributed by atoms with Gasteiger partial charge in [-0.1, -0.05) is 18.2 Å². The van der Waals surface area contributed by atoms with Gasteiger partial charge >= 0.3 is 0 Å². The topological polar surface area (TPSA) is 78.0 Å². The highest BCUT2D eigenvalue weighted by Gasteiger charge is 2.29. The van der Waals surface area contributed by atoms with Crippen LogP contribution in [0.5, 0.6) is 0 Å². The van der Waals surface area contributed by atoms with E-state index in [1.165, 1.54) is 24.9 Å². The average Bonchev–Trinajstić information content (AvgIpc) is 3.30. The molecule has 1 aliphatic rings. The monoisotopic (exact) mass is 358 g/mol. The zero-order valence-electron chi connectivity index (χ0n) is 14.9. The number of hydrogen-bond donors (Lipinski definition) is 3. The third-order valence-electron chi connectivity index (χ3n) is 4.31. The van der Waals surface area contributed by atoms with Crippen LogP contribution in [0.4, 0.5) is 0 Å². The zero-order chi connectivity index (χ0) is 17.5. The molecule has 0 amide bonds. The van der Waals surface area contributed by atoms with Crippen molar-refractivity contribution in [3.63, 3.8) is 0 Å². The van der Waals surface area contributed by atoms with E-state index in [9.17, 15) is 0 Å². The quantitative estimate of drug-likeness (QED) is 0.547. The Hall–Kier alpha value is -2.02. The number of nitrogens with zero attached hydrogens (tertiary/aromatic N) is 3. The Morgan fingerprint density at radius 2 is 2.32 bits per heavy atom. The van der Waals surface area contributed by atoms with Crippen molar-refractivity contribution in [2.45, 2.75) is 38.0 Å². The molecule has 1 aromatic heterocycles. The van der Waals surface area contributed by atoms with Gasteiger partial charge in [0.15, 0.2) is 11.8 Å². The molecule has 3 N–H and O–H groups in total. The number of aliphatic imine (C=N–C) groups is 1. The van der Waals surface area contributed by atoms with E-state index in [4.69, 9.17) is 4.99 Å². The van der Waals surface area contributed by atoms with E-state index in [0.29, 0.717) is 11.3 Å². The summed E-state index contributed by atoms with van der Waals surface area (Å²) in [5, 5.41) is 13.6. The van der Waals surface area contributed by atoms with E-state index in [1.54, 1.807) is 0 Å². The smallest absolute Gasteiger partial charge is 0.191 e. The summed E-state index contributed by atoms with van der Waals surface area (Å²) in [6.45, 7) is 6.85. The Kier molecular flexibility index (Phi) is 5.96. The Morgan fingerprint density at radius 1 is 1.40 bits per heavy atom. The lowest BCUT2D eigenvalue weighted by molar-refractivity contribution is 0.584. The van der Waals surface area contributed by atoms with Gasteiger partial charge in [-0.05, 0) is 44.1 Å². The van der Waals surface area contributed by atoms with Crippen molar-refractivity contribution in [1.82, 2.24) is 25.8 Å². The third kappa shape index (κ3) is 4.98. The first-order valence-electron chi connectivity index (χ1n) is 8.79. The van der Waals surface area contributed by atoms with E-state index in [-0.39, 0.29) is 0 Å². The van der Waals surface area contributed by atoms with E-state index in [2.05, 4.69) is 63.6 Å². The fourth-order valence-electron chi connectivity index (χ4n) is 2.92. The minimum atomic E-state index is 0.322. The number of hydrogen-bond acceptors (Lipinski definition) is 4. The molecule has 0 saturated carbocycles. The second-order valence-electron chi connectivity index (χ2n) is 6.49. The second kappa shape index (κ2) is 8.38. The van der Waals surface area contributed by atoms with Gasteiger partial charge in [-0.3, -0.25) is 5.10 Å². The van der Waals surface area contributed by atoms with Crippen LogP contribution in [0, 0.1) is 0 Å². The first-order chi connectivity index (χ1) is 12.2. The summed E-state index contributed by atoms with van der Waals surface area (Å²) >= 11 is 2.06. The summed E-state index contributed by atoms with van der Waals surface area (Å²) in [5.41, 5.74) is 2.17. The highest BCUT2D eigenvalue weighted by atomic mass is 32.2. The summed E-state index contributed by atoms with van der Waals surface area (Å²) in [6, 6.07) is 8.23. The molecule has 6 nitrogen and oxygen atoms in total. The fourth-order valence-corrected chi connectivity index (χ4v) is 4.16. The molecule has 1 aromatic carbocycles. The second-order valence-corrected chi connectivity index (χ2v) is 8.17. The highest BCUT2D eigenvalue weighted by Crippen LogP contribution is 2.36. The lowest BCUT2D eigenvalue weighted by Gasteiger charge is -2.24. The zero-order valence-corrected chi connectivity index (χ0v) is 15.7. The van der Waals surface area contributed by atoms with Crippen molar-refractivity contribution in [1.29, 1.82) is 0 Å². The van der Waals surface area contributed by atoms with E-state index < -0.39 is 0 Å². The first-order valence-corrected chi connectivity index (χ1v) is 9.78. The normalized spacial score (nSPS) is 20.6. The molecule has 25 heavy (non-hydrogen) atoms. The molecular weight excluding hydrogens is 332 g/mol. The van der Waals surface area contributed by atoms with Crippen molar-refractivity contribution < 1.29 is 0 Å². The molecule has 3 rings (SSSR count). The van der Waals surface area contributed by atoms with Crippen molar-refractivity contribution in [2.75, 3.05) is 18.8 Å². The summed E-state index contributed by atoms with van der Waals surface area (Å²) < 4.78 is 0.322. The Labute approximate surface area is 153 Å². The summed E-state index contributed by atoms with van der Waals surface area (Å²) in [7, 11) is 0. The van der Waals surface area contributed by atoms with E-state index in [1.807, 2.05) is 12.1 Å². The molecule has 0 spiro atoms. The largest absolute Gasteiger partial charge is 0.357 e. The van der Waals surface area contributed by atoms with Crippen LogP contribution in [0.25, 0.3) is 11.4 Å². The van der Waals surface area contributed by atoms with Crippen molar-refractivity contribution >= 4 is 17.7 Å². The minimum Gasteiger partial charge on any atom is -0.357 e. The van der Waals surface area contributed by atoms with Gasteiger partial charge in [0.05, 0.1) is 6.54 Å². The molecule has 1 unspecified atom stereocenters. The maximum absolute atomic E-state index is 4.74. The van der Waals surface area contributed by atoms with Crippen molar-refractivity contribution in [2.24, 2.45) is 4.99 Å². The average molecular weight is 359 g/mol. The molecule has 1 saturated heterocycles. The number of aromatic amines is 1. The molecule has 134 valence electrons. The van der Waals surface area contributed by atoms with Crippen LogP contribution < -0.4 is 10.6 Å². The van der Waals surface area contributed by atoms with Crippen LogP contribution in [0.2, 0.25) is 0 Å². The van der Waals surface area contributed by atoms with Crippen LogP contribution in [-0.4, -0.2) is 44.7 Å². The van der Waals surface area contributed by atoms with Crippen LogP contribution in [0.15, 0.2) is 35.6 Å². The van der Waals surface area contributed by atoms with Gasteiger partial charge in [0.1, 0.15) is 6.33 Å². The molecule has 2 aromatic rings. The van der Waals surface area contributed by atoms with Gasteiger partial charge in [-0.15, -0.1) is 0 Å². The molecule has 1 atom stereocenters. The Balaban J connectivity index is 1.64. The van der Waals surface area contributed by atoms with Gasteiger partial charge in [0.25, 0.3) is 0 Å². The Morgan fingerprint density at radius 3 is 3.04 bits per heavy atom. The molecule has 1 fully saturated rings. The standard InChI is InChI=1S/C18H26N6S/c1-3-19-17(21-12-18(2)8-5-9-25-18)20-11-14-6-4-7-15(10-14)16-22-13-23-24-16/h4,6-7,10,13H,3,5,8-9,11-12H2,1-2H3,(H2,19,20,21)(H,22,23,24). The number of rotatable bonds is 6. The number of benzene rings is 1. The number of thioether (sulfide) groups is 1. The van der Waals surface area contributed by atoms with E-state index >= 15 is 0 Å². The van der Waals surface area contributed by atoms with Gasteiger partial charge in [-0.25, -0.2) is 9.98 Å². The molecule has 1 aliphatic heterocycles. The lowest BCUT2D eigenvalue weighted by atomic mass is 10.1. The van der Waals surface area contributed by atoms with Gasteiger partial charge in [-0.2, -0.15) is 16.9 Å².